The Labute approximate surface area is 277 Å². The molecular weight excluding hydrogens is 536 g/mol. The van der Waals surface area contributed by atoms with Crippen LogP contribution in [0, 0.1) is 0 Å². The van der Waals surface area contributed by atoms with Gasteiger partial charge < -0.3 is 10.0 Å². The predicted molar refractivity (Wildman–Crippen MR) is 199 cm³/mol. The van der Waals surface area contributed by atoms with Crippen molar-refractivity contribution in [1.29, 1.82) is 0 Å². The molecule has 0 saturated carbocycles. The molecule has 3 heteroatoms. The van der Waals surface area contributed by atoms with E-state index in [9.17, 15) is 5.11 Å². The molecule has 0 spiro atoms. The fourth-order valence-electron chi connectivity index (χ4n) is 5.74. The van der Waals surface area contributed by atoms with Crippen molar-refractivity contribution < 1.29 is 5.11 Å². The highest BCUT2D eigenvalue weighted by Gasteiger charge is 2.13. The average Bonchev–Trinajstić information content (AvgIpc) is 3.00. The highest BCUT2D eigenvalue weighted by molar-refractivity contribution is 4.93. The van der Waals surface area contributed by atoms with Crippen LogP contribution in [0.1, 0.15) is 181 Å². The molecule has 0 heterocycles. The van der Waals surface area contributed by atoms with E-state index < -0.39 is 6.23 Å². The zero-order valence-electron chi connectivity index (χ0n) is 30.3. The molecule has 1 atom stereocenters. The van der Waals surface area contributed by atoms with Crippen molar-refractivity contribution in [3.63, 3.8) is 0 Å². The van der Waals surface area contributed by atoms with Gasteiger partial charge in [0.2, 0.25) is 0 Å². The van der Waals surface area contributed by atoms with Crippen molar-refractivity contribution in [2.24, 2.45) is 0 Å². The van der Waals surface area contributed by atoms with E-state index in [1.807, 2.05) is 14.1 Å². The van der Waals surface area contributed by atoms with Crippen molar-refractivity contribution in [2.45, 2.75) is 193 Å². The lowest BCUT2D eigenvalue weighted by Gasteiger charge is -2.24. The molecule has 0 amide bonds. The van der Waals surface area contributed by atoms with Gasteiger partial charge in [0.1, 0.15) is 6.23 Å². The van der Waals surface area contributed by atoms with Gasteiger partial charge in [0.15, 0.2) is 0 Å². The predicted octanol–water partition coefficient (Wildman–Crippen LogP) is 12.2. The average molecular weight is 615 g/mol. The molecule has 3 nitrogen and oxygen atoms in total. The Balaban J connectivity index is 3.89. The van der Waals surface area contributed by atoms with Gasteiger partial charge in [-0.05, 0) is 91.1 Å². The summed E-state index contributed by atoms with van der Waals surface area (Å²) in [5, 5.41) is 14.0. The monoisotopic (exact) mass is 615 g/mol. The minimum absolute atomic E-state index is 0.427. The lowest BCUT2D eigenvalue weighted by Crippen LogP contribution is -2.43. The third-order valence-electron chi connectivity index (χ3n) is 8.47. The van der Waals surface area contributed by atoms with E-state index in [0.717, 1.165) is 12.8 Å². The van der Waals surface area contributed by atoms with Crippen LogP contribution in [0.25, 0.3) is 0 Å². The summed E-state index contributed by atoms with van der Waals surface area (Å²) in [6.07, 6.45) is 51.8. The number of unbranched alkanes of at least 4 members (excludes halogenated alkanes) is 18. The third kappa shape index (κ3) is 35.3. The Morgan fingerprint density at radius 3 is 1.18 bits per heavy atom. The number of aliphatic hydroxyl groups excluding tert-OH is 1. The SMILES string of the molecule is CCCCCC=CCC=CCCCCCCCCC(CCCCCCCCC=CCC=CCCCCC)NC(O)CN(C)C. The lowest BCUT2D eigenvalue weighted by molar-refractivity contribution is 0.0881. The van der Waals surface area contributed by atoms with Crippen LogP contribution >= 0.6 is 0 Å². The van der Waals surface area contributed by atoms with Crippen molar-refractivity contribution >= 4 is 0 Å². The highest BCUT2D eigenvalue weighted by atomic mass is 16.3. The molecule has 0 fully saturated rings. The molecule has 2 N–H and O–H groups in total. The maximum Gasteiger partial charge on any atom is 0.117 e. The first kappa shape index (κ1) is 42.8. The Kier molecular flexibility index (Phi) is 35.4. The summed E-state index contributed by atoms with van der Waals surface area (Å²) in [5.41, 5.74) is 0. The number of nitrogens with zero attached hydrogens (tertiary/aromatic N) is 1. The lowest BCUT2D eigenvalue weighted by atomic mass is 9.99. The molecule has 0 saturated heterocycles. The van der Waals surface area contributed by atoms with Gasteiger partial charge in [0.05, 0.1) is 0 Å². The summed E-state index contributed by atoms with van der Waals surface area (Å²) in [4.78, 5) is 2.07. The second-order valence-corrected chi connectivity index (χ2v) is 13.4. The summed E-state index contributed by atoms with van der Waals surface area (Å²) in [5.74, 6) is 0. The summed E-state index contributed by atoms with van der Waals surface area (Å²) >= 11 is 0. The van der Waals surface area contributed by atoms with Crippen LogP contribution in [0.3, 0.4) is 0 Å². The summed E-state index contributed by atoms with van der Waals surface area (Å²) in [6, 6.07) is 0.446. The number of likely N-dealkylation sites (N-methyl/N-ethyl adjacent to an activating group) is 1. The first-order valence-electron chi connectivity index (χ1n) is 19.3. The molecule has 0 aliphatic rings. The van der Waals surface area contributed by atoms with Crippen LogP contribution in [-0.4, -0.2) is 42.9 Å². The number of allylic oxidation sites excluding steroid dienone is 8. The van der Waals surface area contributed by atoms with Crippen LogP contribution in [0.15, 0.2) is 48.6 Å². The standard InChI is InChI=1S/C41H78N2O/c1-5-7-9-11-13-15-17-19-21-23-25-27-29-31-33-35-37-40(42-41(44)39-43(3)4)38-36-34-32-30-28-26-24-22-20-18-16-14-12-10-8-6-2/h13-16,19-22,40-42,44H,5-12,17-18,23-39H2,1-4H3. The molecule has 0 aliphatic heterocycles. The third-order valence-corrected chi connectivity index (χ3v) is 8.47. The quantitative estimate of drug-likeness (QED) is 0.0430. The van der Waals surface area contributed by atoms with Crippen LogP contribution in [0.5, 0.6) is 0 Å². The Morgan fingerprint density at radius 2 is 0.818 bits per heavy atom. The largest absolute Gasteiger partial charge is 0.377 e. The van der Waals surface area contributed by atoms with Crippen molar-refractivity contribution in [3.8, 4) is 0 Å². The summed E-state index contributed by atoms with van der Waals surface area (Å²) < 4.78 is 0. The molecule has 0 rings (SSSR count). The fourth-order valence-corrected chi connectivity index (χ4v) is 5.74. The van der Waals surface area contributed by atoms with Crippen LogP contribution in [0.2, 0.25) is 0 Å². The van der Waals surface area contributed by atoms with E-state index in [1.54, 1.807) is 0 Å². The first-order chi connectivity index (χ1) is 21.6. The van der Waals surface area contributed by atoms with E-state index in [4.69, 9.17) is 0 Å². The van der Waals surface area contributed by atoms with Gasteiger partial charge in [-0.15, -0.1) is 0 Å². The smallest absolute Gasteiger partial charge is 0.117 e. The van der Waals surface area contributed by atoms with Gasteiger partial charge in [0, 0.05) is 12.6 Å². The molecular formula is C41H78N2O. The minimum atomic E-state index is -0.427. The van der Waals surface area contributed by atoms with Gasteiger partial charge in [0.25, 0.3) is 0 Å². The number of rotatable bonds is 34. The zero-order chi connectivity index (χ0) is 32.2. The number of aliphatic hydroxyl groups is 1. The van der Waals surface area contributed by atoms with Crippen molar-refractivity contribution in [3.05, 3.63) is 48.6 Å². The van der Waals surface area contributed by atoms with Crippen LogP contribution in [0.4, 0.5) is 0 Å². The molecule has 0 aliphatic carbocycles. The molecule has 0 aromatic carbocycles. The Bertz CT molecular complexity index is 618. The van der Waals surface area contributed by atoms with E-state index in [-0.39, 0.29) is 0 Å². The zero-order valence-corrected chi connectivity index (χ0v) is 30.3. The van der Waals surface area contributed by atoms with Gasteiger partial charge in [-0.2, -0.15) is 0 Å². The maximum absolute atomic E-state index is 10.5. The number of hydrogen-bond acceptors (Lipinski definition) is 3. The van der Waals surface area contributed by atoms with Crippen LogP contribution in [-0.2, 0) is 0 Å². The maximum atomic E-state index is 10.5. The second kappa shape index (κ2) is 36.3. The van der Waals surface area contributed by atoms with Gasteiger partial charge in [-0.25, -0.2) is 0 Å². The van der Waals surface area contributed by atoms with E-state index in [1.165, 1.54) is 154 Å². The molecule has 0 aromatic rings. The van der Waals surface area contributed by atoms with Crippen LogP contribution < -0.4 is 5.32 Å². The van der Waals surface area contributed by atoms with E-state index in [2.05, 4.69) is 72.7 Å². The van der Waals surface area contributed by atoms with E-state index in [0.29, 0.717) is 12.6 Å². The van der Waals surface area contributed by atoms with Crippen molar-refractivity contribution in [2.75, 3.05) is 20.6 Å². The summed E-state index contributed by atoms with van der Waals surface area (Å²) in [6.45, 7) is 5.21. The Morgan fingerprint density at radius 1 is 0.477 bits per heavy atom. The molecule has 0 bridgehead atoms. The highest BCUT2D eigenvalue weighted by Crippen LogP contribution is 2.16. The second-order valence-electron chi connectivity index (χ2n) is 13.4. The van der Waals surface area contributed by atoms with Gasteiger partial charge in [-0.1, -0.05) is 152 Å². The molecule has 44 heavy (non-hydrogen) atoms. The minimum Gasteiger partial charge on any atom is -0.377 e. The number of nitrogens with one attached hydrogen (secondary N) is 1. The molecule has 1 unspecified atom stereocenters. The molecule has 258 valence electrons. The summed E-state index contributed by atoms with van der Waals surface area (Å²) in [7, 11) is 4.07. The topological polar surface area (TPSA) is 35.5 Å². The number of hydrogen-bond donors (Lipinski definition) is 2. The van der Waals surface area contributed by atoms with E-state index >= 15 is 0 Å². The molecule has 0 aromatic heterocycles. The van der Waals surface area contributed by atoms with Crippen molar-refractivity contribution in [1.82, 2.24) is 10.2 Å². The fraction of sp³-hybridized carbons (Fsp3) is 0.805. The normalized spacial score (nSPS) is 14.0. The Hall–Kier alpha value is -1.16. The first-order valence-corrected chi connectivity index (χ1v) is 19.3. The van der Waals surface area contributed by atoms with Gasteiger partial charge >= 0.3 is 0 Å². The van der Waals surface area contributed by atoms with Gasteiger partial charge in [-0.3, -0.25) is 5.32 Å². The molecule has 0 radical (unpaired) electrons.